The molecule has 1 fully saturated rings. The Morgan fingerprint density at radius 3 is 2.83 bits per heavy atom. The first kappa shape index (κ1) is 13.4. The first-order valence-electron chi connectivity index (χ1n) is 6.63. The van der Waals surface area contributed by atoms with E-state index in [0.29, 0.717) is 0 Å². The van der Waals surface area contributed by atoms with E-state index in [2.05, 4.69) is 25.2 Å². The lowest BCUT2D eigenvalue weighted by molar-refractivity contribution is 0.146. The summed E-state index contributed by atoms with van der Waals surface area (Å²) in [7, 11) is 1.91. The van der Waals surface area contributed by atoms with Crippen LogP contribution in [0.25, 0.3) is 0 Å². The molecule has 1 aromatic rings. The molecule has 0 heterocycles. The van der Waals surface area contributed by atoms with Gasteiger partial charge in [0.1, 0.15) is 11.9 Å². The first-order valence-corrected chi connectivity index (χ1v) is 6.63. The van der Waals surface area contributed by atoms with Gasteiger partial charge in [0.25, 0.3) is 0 Å². The number of aryl methyl sites for hydroxylation is 1. The smallest absolute Gasteiger partial charge is 0.122 e. The van der Waals surface area contributed by atoms with Gasteiger partial charge in [-0.2, -0.15) is 0 Å². The van der Waals surface area contributed by atoms with Crippen molar-refractivity contribution in [3.05, 3.63) is 29.3 Å². The van der Waals surface area contributed by atoms with Crippen LogP contribution < -0.4 is 10.1 Å². The highest BCUT2D eigenvalue weighted by Crippen LogP contribution is 2.33. The second-order valence-corrected chi connectivity index (χ2v) is 5.37. The lowest BCUT2D eigenvalue weighted by Gasteiger charge is -2.26. The van der Waals surface area contributed by atoms with Gasteiger partial charge in [0.2, 0.25) is 0 Å². The molecule has 3 heteroatoms. The molecule has 1 aromatic carbocycles. The quantitative estimate of drug-likeness (QED) is 0.859. The van der Waals surface area contributed by atoms with E-state index < -0.39 is 0 Å². The van der Waals surface area contributed by atoms with Crippen molar-refractivity contribution in [2.24, 2.45) is 0 Å². The normalized spacial score (nSPS) is 27.4. The van der Waals surface area contributed by atoms with Crippen molar-refractivity contribution >= 4 is 0 Å². The predicted molar refractivity (Wildman–Crippen MR) is 73.1 cm³/mol. The van der Waals surface area contributed by atoms with E-state index in [9.17, 15) is 5.11 Å². The summed E-state index contributed by atoms with van der Waals surface area (Å²) in [5.41, 5.74) is 2.32. The third kappa shape index (κ3) is 2.52. The highest BCUT2D eigenvalue weighted by Gasteiger charge is 2.38. The Labute approximate surface area is 109 Å². The van der Waals surface area contributed by atoms with Gasteiger partial charge in [0, 0.05) is 12.0 Å². The molecular weight excluding hydrogens is 226 g/mol. The minimum atomic E-state index is -0.150. The van der Waals surface area contributed by atoms with Gasteiger partial charge in [-0.1, -0.05) is 12.1 Å². The summed E-state index contributed by atoms with van der Waals surface area (Å²) in [6, 6.07) is 6.16. The Morgan fingerprint density at radius 1 is 1.44 bits per heavy atom. The molecule has 0 aromatic heterocycles. The van der Waals surface area contributed by atoms with Crippen molar-refractivity contribution in [1.29, 1.82) is 0 Å². The maximum absolute atomic E-state index is 9.48. The summed E-state index contributed by atoms with van der Waals surface area (Å²) in [6.07, 6.45) is 3.03. The minimum absolute atomic E-state index is 0.150. The summed E-state index contributed by atoms with van der Waals surface area (Å²) >= 11 is 0. The van der Waals surface area contributed by atoms with Crippen LogP contribution in [0.5, 0.6) is 5.75 Å². The fourth-order valence-corrected chi connectivity index (χ4v) is 2.66. The van der Waals surface area contributed by atoms with Crippen molar-refractivity contribution in [3.8, 4) is 5.75 Å². The summed E-state index contributed by atoms with van der Waals surface area (Å²) in [6.45, 7) is 4.37. The molecule has 0 spiro atoms. The molecule has 2 N–H and O–H groups in total. The molecule has 0 radical (unpaired) electrons. The van der Waals surface area contributed by atoms with E-state index >= 15 is 0 Å². The molecule has 100 valence electrons. The second-order valence-electron chi connectivity index (χ2n) is 5.37. The summed E-state index contributed by atoms with van der Waals surface area (Å²) in [5, 5.41) is 12.7. The molecule has 0 bridgehead atoms. The fourth-order valence-electron chi connectivity index (χ4n) is 2.66. The molecule has 18 heavy (non-hydrogen) atoms. The average Bonchev–Trinajstić information content (AvgIpc) is 2.79. The number of benzene rings is 1. The zero-order valence-corrected chi connectivity index (χ0v) is 11.5. The van der Waals surface area contributed by atoms with Crippen LogP contribution >= 0.6 is 0 Å². The van der Waals surface area contributed by atoms with Gasteiger partial charge in [-0.25, -0.2) is 0 Å². The van der Waals surface area contributed by atoms with E-state index in [1.54, 1.807) is 0 Å². The zero-order valence-electron chi connectivity index (χ0n) is 11.5. The third-order valence-corrected chi connectivity index (χ3v) is 4.24. The van der Waals surface area contributed by atoms with Crippen molar-refractivity contribution in [1.82, 2.24) is 5.32 Å². The SMILES string of the molecule is CNC1(CO)CCC(Oc2cccc(C)c2C)C1. The monoisotopic (exact) mass is 249 g/mol. The Hall–Kier alpha value is -1.06. The van der Waals surface area contributed by atoms with Gasteiger partial charge in [-0.05, 0) is 50.9 Å². The van der Waals surface area contributed by atoms with Gasteiger partial charge in [-0.3, -0.25) is 0 Å². The van der Waals surface area contributed by atoms with E-state index in [4.69, 9.17) is 4.74 Å². The van der Waals surface area contributed by atoms with Crippen LogP contribution in [0.4, 0.5) is 0 Å². The van der Waals surface area contributed by atoms with Gasteiger partial charge in [0.15, 0.2) is 0 Å². The summed E-state index contributed by atoms with van der Waals surface area (Å²) < 4.78 is 6.09. The van der Waals surface area contributed by atoms with E-state index in [-0.39, 0.29) is 18.2 Å². The Kier molecular flexibility index (Phi) is 3.93. The molecule has 2 atom stereocenters. The van der Waals surface area contributed by atoms with E-state index in [0.717, 1.165) is 25.0 Å². The number of hydrogen-bond donors (Lipinski definition) is 2. The highest BCUT2D eigenvalue weighted by molar-refractivity contribution is 5.38. The molecule has 0 aliphatic heterocycles. The highest BCUT2D eigenvalue weighted by atomic mass is 16.5. The van der Waals surface area contributed by atoms with Gasteiger partial charge >= 0.3 is 0 Å². The molecule has 0 saturated heterocycles. The lowest BCUT2D eigenvalue weighted by Crippen LogP contribution is -2.44. The molecule has 0 amide bonds. The van der Waals surface area contributed by atoms with Crippen molar-refractivity contribution in [2.45, 2.75) is 44.8 Å². The number of rotatable bonds is 4. The average molecular weight is 249 g/mol. The van der Waals surface area contributed by atoms with Gasteiger partial charge < -0.3 is 15.2 Å². The molecule has 1 aliphatic rings. The molecule has 2 rings (SSSR count). The Morgan fingerprint density at radius 2 is 2.22 bits per heavy atom. The first-order chi connectivity index (χ1) is 8.60. The number of likely N-dealkylation sites (N-methyl/N-ethyl adjacent to an activating group) is 1. The van der Waals surface area contributed by atoms with Crippen LogP contribution in [-0.4, -0.2) is 30.4 Å². The number of aliphatic hydroxyl groups is 1. The molecule has 1 saturated carbocycles. The lowest BCUT2D eigenvalue weighted by atomic mass is 9.99. The zero-order chi connectivity index (χ0) is 13.2. The van der Waals surface area contributed by atoms with E-state index in [1.165, 1.54) is 11.1 Å². The van der Waals surface area contributed by atoms with Crippen molar-refractivity contribution in [3.63, 3.8) is 0 Å². The van der Waals surface area contributed by atoms with Crippen LogP contribution in [0, 0.1) is 13.8 Å². The second kappa shape index (κ2) is 5.29. The van der Waals surface area contributed by atoms with Crippen molar-refractivity contribution in [2.75, 3.05) is 13.7 Å². The number of aliphatic hydroxyl groups excluding tert-OH is 1. The maximum atomic E-state index is 9.48. The Bertz CT molecular complexity index is 413. The van der Waals surface area contributed by atoms with E-state index in [1.807, 2.05) is 19.2 Å². The Balaban J connectivity index is 2.06. The van der Waals surface area contributed by atoms with Crippen LogP contribution in [0.3, 0.4) is 0 Å². The number of nitrogens with one attached hydrogen (secondary N) is 1. The maximum Gasteiger partial charge on any atom is 0.122 e. The predicted octanol–water partition coefficient (Wildman–Crippen LogP) is 2.19. The standard InChI is InChI=1S/C15H23NO2/c1-11-5-4-6-14(12(11)2)18-13-7-8-15(9-13,10-17)16-3/h4-6,13,16-17H,7-10H2,1-3H3. The van der Waals surface area contributed by atoms with Crippen LogP contribution in [-0.2, 0) is 0 Å². The molecule has 1 aliphatic carbocycles. The van der Waals surface area contributed by atoms with Crippen LogP contribution in [0.1, 0.15) is 30.4 Å². The summed E-state index contributed by atoms with van der Waals surface area (Å²) in [5.74, 6) is 0.977. The number of hydrogen-bond acceptors (Lipinski definition) is 3. The van der Waals surface area contributed by atoms with Gasteiger partial charge in [-0.15, -0.1) is 0 Å². The molecular formula is C15H23NO2. The van der Waals surface area contributed by atoms with Gasteiger partial charge in [0.05, 0.1) is 6.61 Å². The molecule has 3 nitrogen and oxygen atoms in total. The van der Waals surface area contributed by atoms with Crippen molar-refractivity contribution < 1.29 is 9.84 Å². The molecule has 2 unspecified atom stereocenters. The van der Waals surface area contributed by atoms with Crippen LogP contribution in [0.2, 0.25) is 0 Å². The largest absolute Gasteiger partial charge is 0.490 e. The summed E-state index contributed by atoms with van der Waals surface area (Å²) in [4.78, 5) is 0. The minimum Gasteiger partial charge on any atom is -0.490 e. The topological polar surface area (TPSA) is 41.5 Å². The fraction of sp³-hybridized carbons (Fsp3) is 0.600. The third-order valence-electron chi connectivity index (χ3n) is 4.24. The number of ether oxygens (including phenoxy) is 1. The van der Waals surface area contributed by atoms with Crippen LogP contribution in [0.15, 0.2) is 18.2 Å².